The maximum Gasteiger partial charge on any atom is 0.0614 e. The van der Waals surface area contributed by atoms with E-state index in [1.165, 1.54) is 44.1 Å². The minimum Gasteiger partial charge on any atom is -0.392 e. The van der Waals surface area contributed by atoms with Crippen LogP contribution in [0.1, 0.15) is 45.4 Å². The summed E-state index contributed by atoms with van der Waals surface area (Å²) in [6, 6.07) is 0. The number of hydrogen-bond donors (Lipinski definition) is 1. The van der Waals surface area contributed by atoms with Crippen LogP contribution in [0.15, 0.2) is 11.6 Å². The normalized spacial score (nSPS) is 21.3. The Balaban J connectivity index is 2.24. The average Bonchev–Trinajstić information content (AvgIpc) is 2.06. The Kier molecular flexibility index (Phi) is 4.37. The maximum atomic E-state index is 8.69. The molecule has 0 unspecified atom stereocenters. The molecule has 0 aliphatic heterocycles. The molecule has 1 N–H and O–H groups in total. The molecular formula is C11H20O. The van der Waals surface area contributed by atoms with Gasteiger partial charge in [-0.2, -0.15) is 0 Å². The van der Waals surface area contributed by atoms with Crippen LogP contribution in [0.2, 0.25) is 0 Å². The van der Waals surface area contributed by atoms with Crippen molar-refractivity contribution in [3.63, 3.8) is 0 Å². The summed E-state index contributed by atoms with van der Waals surface area (Å²) in [5.74, 6) is 0.904. The number of aliphatic hydroxyl groups excluding tert-OH is 1. The van der Waals surface area contributed by atoms with Gasteiger partial charge in [0, 0.05) is 0 Å². The average molecular weight is 168 g/mol. The van der Waals surface area contributed by atoms with Gasteiger partial charge in [0.1, 0.15) is 0 Å². The molecule has 0 aromatic heterocycles. The molecule has 1 aliphatic carbocycles. The fourth-order valence-corrected chi connectivity index (χ4v) is 2.09. The molecule has 0 amide bonds. The molecule has 70 valence electrons. The first-order valence-electron chi connectivity index (χ1n) is 5.09. The molecule has 0 heterocycles. The van der Waals surface area contributed by atoms with E-state index in [9.17, 15) is 0 Å². The Morgan fingerprint density at radius 2 is 2.00 bits per heavy atom. The zero-order valence-electron chi connectivity index (χ0n) is 8.05. The Morgan fingerprint density at radius 3 is 2.58 bits per heavy atom. The minimum absolute atomic E-state index is 0.207. The predicted molar refractivity (Wildman–Crippen MR) is 52.0 cm³/mol. The van der Waals surface area contributed by atoms with Crippen molar-refractivity contribution in [2.75, 3.05) is 6.61 Å². The van der Waals surface area contributed by atoms with Crippen molar-refractivity contribution in [3.8, 4) is 0 Å². The van der Waals surface area contributed by atoms with Crippen molar-refractivity contribution >= 4 is 0 Å². The highest BCUT2D eigenvalue weighted by molar-refractivity contribution is 4.99. The van der Waals surface area contributed by atoms with Crippen molar-refractivity contribution < 1.29 is 5.11 Å². The molecule has 1 rings (SSSR count). The van der Waals surface area contributed by atoms with Gasteiger partial charge in [-0.1, -0.05) is 43.8 Å². The van der Waals surface area contributed by atoms with Crippen LogP contribution in [0, 0.1) is 5.92 Å². The third-order valence-electron chi connectivity index (χ3n) is 2.78. The monoisotopic (exact) mass is 168 g/mol. The number of hydrogen-bond acceptors (Lipinski definition) is 1. The molecule has 0 bridgehead atoms. The summed E-state index contributed by atoms with van der Waals surface area (Å²) in [5, 5.41) is 8.69. The first-order chi connectivity index (χ1) is 5.83. The summed E-state index contributed by atoms with van der Waals surface area (Å²) >= 11 is 0. The van der Waals surface area contributed by atoms with Crippen LogP contribution in [-0.4, -0.2) is 11.7 Å². The van der Waals surface area contributed by atoms with Crippen LogP contribution in [0.5, 0.6) is 0 Å². The van der Waals surface area contributed by atoms with E-state index < -0.39 is 0 Å². The van der Waals surface area contributed by atoms with Gasteiger partial charge in [0.05, 0.1) is 6.61 Å². The van der Waals surface area contributed by atoms with E-state index in [0.717, 1.165) is 5.92 Å². The van der Waals surface area contributed by atoms with Crippen LogP contribution in [-0.2, 0) is 0 Å². The van der Waals surface area contributed by atoms with Gasteiger partial charge >= 0.3 is 0 Å². The highest BCUT2D eigenvalue weighted by Gasteiger charge is 2.12. The highest BCUT2D eigenvalue weighted by atomic mass is 16.2. The molecule has 0 aromatic carbocycles. The van der Waals surface area contributed by atoms with Gasteiger partial charge in [-0.05, 0) is 19.3 Å². The third kappa shape index (κ3) is 3.40. The van der Waals surface area contributed by atoms with Crippen LogP contribution < -0.4 is 0 Å². The van der Waals surface area contributed by atoms with Gasteiger partial charge in [0.15, 0.2) is 0 Å². The van der Waals surface area contributed by atoms with Crippen molar-refractivity contribution in [1.82, 2.24) is 0 Å². The minimum atomic E-state index is 0.207. The molecule has 0 atom stereocenters. The molecule has 12 heavy (non-hydrogen) atoms. The van der Waals surface area contributed by atoms with Gasteiger partial charge < -0.3 is 5.11 Å². The molecule has 1 nitrogen and oxygen atoms in total. The second-order valence-corrected chi connectivity index (χ2v) is 3.94. The second kappa shape index (κ2) is 5.36. The van der Waals surface area contributed by atoms with Crippen molar-refractivity contribution in [2.24, 2.45) is 5.92 Å². The molecule has 1 saturated carbocycles. The number of rotatable bonds is 3. The van der Waals surface area contributed by atoms with Crippen molar-refractivity contribution in [2.45, 2.75) is 45.4 Å². The first kappa shape index (κ1) is 9.79. The maximum absolute atomic E-state index is 8.69. The Labute approximate surface area is 75.5 Å². The molecule has 1 fully saturated rings. The Morgan fingerprint density at radius 1 is 1.33 bits per heavy atom. The number of allylic oxidation sites excluding steroid dienone is 1. The largest absolute Gasteiger partial charge is 0.392 e. The van der Waals surface area contributed by atoms with Crippen molar-refractivity contribution in [3.05, 3.63) is 11.6 Å². The predicted octanol–water partition coefficient (Wildman–Crippen LogP) is 2.90. The van der Waals surface area contributed by atoms with Crippen LogP contribution >= 0.6 is 0 Å². The zero-order chi connectivity index (χ0) is 8.81. The summed E-state index contributed by atoms with van der Waals surface area (Å²) in [5.41, 5.74) is 1.37. The molecule has 0 radical (unpaired) electrons. The fraction of sp³-hybridized carbons (Fsp3) is 0.818. The highest BCUT2D eigenvalue weighted by Crippen LogP contribution is 2.28. The topological polar surface area (TPSA) is 20.2 Å². The van der Waals surface area contributed by atoms with Gasteiger partial charge in [0.2, 0.25) is 0 Å². The molecular weight excluding hydrogens is 148 g/mol. The molecule has 1 heteroatoms. The Hall–Kier alpha value is -0.300. The summed E-state index contributed by atoms with van der Waals surface area (Å²) < 4.78 is 0. The van der Waals surface area contributed by atoms with E-state index in [4.69, 9.17) is 5.11 Å². The molecule has 0 aromatic rings. The van der Waals surface area contributed by atoms with Crippen LogP contribution in [0.4, 0.5) is 0 Å². The van der Waals surface area contributed by atoms with E-state index in [-0.39, 0.29) is 6.61 Å². The summed E-state index contributed by atoms with van der Waals surface area (Å²) in [6.07, 6.45) is 10.2. The lowest BCUT2D eigenvalue weighted by Gasteiger charge is -2.21. The van der Waals surface area contributed by atoms with Crippen LogP contribution in [0.25, 0.3) is 0 Å². The van der Waals surface area contributed by atoms with Crippen molar-refractivity contribution in [1.29, 1.82) is 0 Å². The van der Waals surface area contributed by atoms with E-state index >= 15 is 0 Å². The molecule has 0 spiro atoms. The summed E-state index contributed by atoms with van der Waals surface area (Å²) in [7, 11) is 0. The fourth-order valence-electron chi connectivity index (χ4n) is 2.09. The first-order valence-corrected chi connectivity index (χ1v) is 5.09. The lowest BCUT2D eigenvalue weighted by Crippen LogP contribution is -2.06. The van der Waals surface area contributed by atoms with Gasteiger partial charge in [-0.15, -0.1) is 0 Å². The summed E-state index contributed by atoms with van der Waals surface area (Å²) in [4.78, 5) is 0. The van der Waals surface area contributed by atoms with E-state index in [2.05, 4.69) is 6.92 Å². The van der Waals surface area contributed by atoms with Gasteiger partial charge in [-0.25, -0.2) is 0 Å². The van der Waals surface area contributed by atoms with E-state index in [0.29, 0.717) is 0 Å². The molecule has 0 saturated heterocycles. The third-order valence-corrected chi connectivity index (χ3v) is 2.78. The standard InChI is InChI=1S/C11H20O/c1-10(7-8-12)9-11-5-3-2-4-6-11/h7,11-12H,2-6,8-9H2,1H3/b10-7+. The number of aliphatic hydroxyl groups is 1. The summed E-state index contributed by atoms with van der Waals surface area (Å²) in [6.45, 7) is 2.34. The second-order valence-electron chi connectivity index (χ2n) is 3.94. The zero-order valence-corrected chi connectivity index (χ0v) is 8.05. The smallest absolute Gasteiger partial charge is 0.0614 e. The lowest BCUT2D eigenvalue weighted by molar-refractivity contribution is 0.336. The SMILES string of the molecule is C/C(=C\CO)CC1CCCCC1. The quantitative estimate of drug-likeness (QED) is 0.642. The lowest BCUT2D eigenvalue weighted by atomic mass is 9.85. The van der Waals surface area contributed by atoms with E-state index in [1.54, 1.807) is 0 Å². The van der Waals surface area contributed by atoms with Crippen LogP contribution in [0.3, 0.4) is 0 Å². The van der Waals surface area contributed by atoms with E-state index in [1.807, 2.05) is 6.08 Å². The molecule has 1 aliphatic rings. The Bertz CT molecular complexity index is 143. The van der Waals surface area contributed by atoms with Gasteiger partial charge in [0.25, 0.3) is 0 Å². The van der Waals surface area contributed by atoms with Gasteiger partial charge in [-0.3, -0.25) is 0 Å².